The number of carbonyl (C=O) groups is 1. The van der Waals surface area contributed by atoms with E-state index in [1.165, 1.54) is 38.7 Å². The van der Waals surface area contributed by atoms with Gasteiger partial charge in [-0.3, -0.25) is 9.36 Å². The molecule has 0 aliphatic carbocycles. The van der Waals surface area contributed by atoms with E-state index < -0.39 is 23.4 Å². The fraction of sp³-hybridized carbons (Fsp3) is 0.167. The first kappa shape index (κ1) is 18.1. The molecule has 0 amide bonds. The highest BCUT2D eigenvalue weighted by Crippen LogP contribution is 2.31. The van der Waals surface area contributed by atoms with Crippen molar-refractivity contribution in [1.82, 2.24) is 9.55 Å². The zero-order valence-corrected chi connectivity index (χ0v) is 15.5. The Morgan fingerprint density at radius 2 is 2.04 bits per heavy atom. The van der Waals surface area contributed by atoms with Gasteiger partial charge in [-0.25, -0.2) is 14.2 Å². The first-order valence-corrected chi connectivity index (χ1v) is 8.34. The number of nitrogens with zero attached hydrogens (tertiary/aromatic N) is 2. The molecule has 1 unspecified atom stereocenters. The number of rotatable bonds is 4. The summed E-state index contributed by atoms with van der Waals surface area (Å²) < 4.78 is 26.3. The molecule has 0 N–H and O–H groups in total. The summed E-state index contributed by atoms with van der Waals surface area (Å²) in [5, 5.41) is 0.283. The van der Waals surface area contributed by atoms with E-state index in [9.17, 15) is 14.0 Å². The molecule has 0 saturated carbocycles. The maximum atomic E-state index is 14.5. The van der Waals surface area contributed by atoms with E-state index in [1.54, 1.807) is 18.2 Å². The monoisotopic (exact) mass is 420 g/mol. The van der Waals surface area contributed by atoms with Crippen LogP contribution >= 0.6 is 15.9 Å². The van der Waals surface area contributed by atoms with E-state index in [0.717, 1.165) is 4.57 Å². The molecule has 3 aromatic rings. The van der Waals surface area contributed by atoms with Crippen LogP contribution in [0.25, 0.3) is 10.9 Å². The molecule has 0 saturated heterocycles. The number of hydrogen-bond acceptors (Lipinski definition) is 5. The van der Waals surface area contributed by atoms with Gasteiger partial charge in [0.05, 0.1) is 37.0 Å². The highest BCUT2D eigenvalue weighted by atomic mass is 79.9. The third-order valence-corrected chi connectivity index (χ3v) is 4.45. The Hall–Kier alpha value is -2.74. The van der Waals surface area contributed by atoms with Crippen molar-refractivity contribution in [3.05, 3.63) is 68.9 Å². The van der Waals surface area contributed by atoms with Crippen molar-refractivity contribution < 1.29 is 18.7 Å². The SMILES string of the molecule is COC(=O)C(c1c(F)cccc1OC)n1cnc2ccc(Br)cc2c1=O. The Morgan fingerprint density at radius 1 is 1.27 bits per heavy atom. The fourth-order valence-electron chi connectivity index (χ4n) is 2.73. The molecule has 134 valence electrons. The first-order valence-electron chi connectivity index (χ1n) is 7.54. The van der Waals surface area contributed by atoms with Crippen molar-refractivity contribution in [1.29, 1.82) is 0 Å². The van der Waals surface area contributed by atoms with Crippen LogP contribution in [0.2, 0.25) is 0 Å². The van der Waals surface area contributed by atoms with Gasteiger partial charge in [-0.2, -0.15) is 0 Å². The number of carbonyl (C=O) groups excluding carboxylic acids is 1. The average molecular weight is 421 g/mol. The summed E-state index contributed by atoms with van der Waals surface area (Å²) in [6.45, 7) is 0. The normalized spacial score (nSPS) is 12.0. The minimum Gasteiger partial charge on any atom is -0.496 e. The lowest BCUT2D eigenvalue weighted by Crippen LogP contribution is -2.32. The number of ether oxygens (including phenoxy) is 2. The number of aromatic nitrogens is 2. The predicted octanol–water partition coefficient (Wildman–Crippen LogP) is 3.07. The van der Waals surface area contributed by atoms with Crippen LogP contribution in [0.4, 0.5) is 4.39 Å². The molecule has 0 fully saturated rings. The van der Waals surface area contributed by atoms with E-state index >= 15 is 0 Å². The number of hydrogen-bond donors (Lipinski definition) is 0. The summed E-state index contributed by atoms with van der Waals surface area (Å²) in [5.74, 6) is -1.38. The zero-order chi connectivity index (χ0) is 18.8. The number of esters is 1. The molecule has 0 aliphatic heterocycles. The van der Waals surface area contributed by atoms with Crippen molar-refractivity contribution in [2.45, 2.75) is 6.04 Å². The molecule has 0 bridgehead atoms. The van der Waals surface area contributed by atoms with Gasteiger partial charge in [0.2, 0.25) is 0 Å². The van der Waals surface area contributed by atoms with Crippen LogP contribution in [0.5, 0.6) is 5.75 Å². The lowest BCUT2D eigenvalue weighted by Gasteiger charge is -2.20. The maximum absolute atomic E-state index is 14.5. The van der Waals surface area contributed by atoms with Gasteiger partial charge >= 0.3 is 5.97 Å². The summed E-state index contributed by atoms with van der Waals surface area (Å²) in [6.07, 6.45) is 1.20. The number of methoxy groups -OCH3 is 2. The maximum Gasteiger partial charge on any atom is 0.333 e. The van der Waals surface area contributed by atoms with Crippen molar-refractivity contribution in [2.24, 2.45) is 0 Å². The quantitative estimate of drug-likeness (QED) is 0.606. The van der Waals surface area contributed by atoms with E-state index in [0.29, 0.717) is 9.99 Å². The largest absolute Gasteiger partial charge is 0.496 e. The number of benzene rings is 2. The highest BCUT2D eigenvalue weighted by Gasteiger charge is 2.31. The molecule has 0 radical (unpaired) electrons. The van der Waals surface area contributed by atoms with Gasteiger partial charge in [0, 0.05) is 4.47 Å². The number of halogens is 2. The lowest BCUT2D eigenvalue weighted by molar-refractivity contribution is -0.143. The van der Waals surface area contributed by atoms with E-state index in [4.69, 9.17) is 9.47 Å². The van der Waals surface area contributed by atoms with Gasteiger partial charge in [0.15, 0.2) is 6.04 Å². The lowest BCUT2D eigenvalue weighted by atomic mass is 10.0. The van der Waals surface area contributed by atoms with Crippen LogP contribution in [-0.2, 0) is 9.53 Å². The second kappa shape index (κ2) is 7.25. The topological polar surface area (TPSA) is 70.4 Å². The molecular formula is C18H14BrFN2O4. The van der Waals surface area contributed by atoms with Crippen molar-refractivity contribution in [2.75, 3.05) is 14.2 Å². The molecule has 6 nitrogen and oxygen atoms in total. The van der Waals surface area contributed by atoms with E-state index in [2.05, 4.69) is 20.9 Å². The molecule has 8 heteroatoms. The molecule has 26 heavy (non-hydrogen) atoms. The van der Waals surface area contributed by atoms with Gasteiger partial charge in [0.25, 0.3) is 5.56 Å². The summed E-state index contributed by atoms with van der Waals surface area (Å²) in [5.41, 5.74) is -0.143. The van der Waals surface area contributed by atoms with Crippen molar-refractivity contribution in [3.8, 4) is 5.75 Å². The third kappa shape index (κ3) is 3.08. The fourth-order valence-corrected chi connectivity index (χ4v) is 3.10. The van der Waals surface area contributed by atoms with E-state index in [1.807, 2.05) is 0 Å². The minimum atomic E-state index is -1.38. The third-order valence-electron chi connectivity index (χ3n) is 3.95. The Bertz CT molecular complexity index is 1050. The van der Waals surface area contributed by atoms with Gasteiger partial charge in [0.1, 0.15) is 11.6 Å². The number of fused-ring (bicyclic) bond motifs is 1. The molecule has 3 rings (SSSR count). The standard InChI is InChI=1S/C18H14BrFN2O4/c1-25-14-5-3-4-12(20)15(14)16(18(24)26-2)22-9-21-13-7-6-10(19)8-11(13)17(22)23/h3-9,16H,1-2H3. The molecule has 2 aromatic carbocycles. The summed E-state index contributed by atoms with van der Waals surface area (Å²) >= 11 is 3.30. The molecular weight excluding hydrogens is 407 g/mol. The van der Waals surface area contributed by atoms with Crippen LogP contribution in [0.3, 0.4) is 0 Å². The highest BCUT2D eigenvalue weighted by molar-refractivity contribution is 9.10. The van der Waals surface area contributed by atoms with Gasteiger partial charge < -0.3 is 9.47 Å². The van der Waals surface area contributed by atoms with Gasteiger partial charge in [-0.05, 0) is 30.3 Å². The smallest absolute Gasteiger partial charge is 0.333 e. The summed E-state index contributed by atoms with van der Waals surface area (Å²) in [6, 6.07) is 7.77. The van der Waals surface area contributed by atoms with Crippen LogP contribution in [-0.4, -0.2) is 29.7 Å². The van der Waals surface area contributed by atoms with Crippen LogP contribution < -0.4 is 10.3 Å². The Kier molecular flexibility index (Phi) is 5.03. The Balaban J connectivity index is 2.32. The van der Waals surface area contributed by atoms with Crippen LogP contribution in [0, 0.1) is 5.82 Å². The van der Waals surface area contributed by atoms with Gasteiger partial charge in [-0.15, -0.1) is 0 Å². The van der Waals surface area contributed by atoms with Crippen molar-refractivity contribution >= 4 is 32.8 Å². The summed E-state index contributed by atoms with van der Waals surface area (Å²) in [4.78, 5) is 29.6. The van der Waals surface area contributed by atoms with Crippen molar-refractivity contribution in [3.63, 3.8) is 0 Å². The summed E-state index contributed by atoms with van der Waals surface area (Å²) in [7, 11) is 2.52. The zero-order valence-electron chi connectivity index (χ0n) is 13.9. The molecule has 1 heterocycles. The molecule has 1 aromatic heterocycles. The van der Waals surface area contributed by atoms with Crippen LogP contribution in [0.15, 0.2) is 52.0 Å². The Morgan fingerprint density at radius 3 is 2.73 bits per heavy atom. The Labute approximate surface area is 156 Å². The van der Waals surface area contributed by atoms with Gasteiger partial charge in [-0.1, -0.05) is 22.0 Å². The second-order valence-electron chi connectivity index (χ2n) is 5.40. The predicted molar refractivity (Wildman–Crippen MR) is 96.8 cm³/mol. The second-order valence-corrected chi connectivity index (χ2v) is 6.32. The molecule has 0 aliphatic rings. The van der Waals surface area contributed by atoms with E-state index in [-0.39, 0.29) is 16.7 Å². The minimum absolute atomic E-state index is 0.0971. The molecule has 1 atom stereocenters. The average Bonchev–Trinajstić information content (AvgIpc) is 2.64. The first-order chi connectivity index (χ1) is 12.5. The van der Waals surface area contributed by atoms with Crippen LogP contribution in [0.1, 0.15) is 11.6 Å². The molecule has 0 spiro atoms.